The van der Waals surface area contributed by atoms with Crippen LogP contribution in [0.5, 0.6) is 0 Å². The fourth-order valence-corrected chi connectivity index (χ4v) is 4.43. The molecule has 0 unspecified atom stereocenters. The van der Waals surface area contributed by atoms with Crippen LogP contribution in [0.1, 0.15) is 36.7 Å². The molecule has 4 nitrogen and oxygen atoms in total. The molecule has 1 amide bonds. The van der Waals surface area contributed by atoms with Crippen molar-refractivity contribution < 1.29 is 9.21 Å². The Kier molecular flexibility index (Phi) is 5.51. The number of carbonyl (C=O) groups is 1. The van der Waals surface area contributed by atoms with Crippen LogP contribution in [0, 0.1) is 0 Å². The normalized spacial score (nSPS) is 16.1. The smallest absolute Gasteiger partial charge is 0.258 e. The molecule has 3 aromatic rings. The number of hydrogen-bond donors (Lipinski definition) is 1. The second-order valence-electron chi connectivity index (χ2n) is 8.17. The van der Waals surface area contributed by atoms with Crippen molar-refractivity contribution in [3.63, 3.8) is 0 Å². The predicted octanol–water partition coefficient (Wildman–Crippen LogP) is 5.82. The van der Waals surface area contributed by atoms with E-state index in [1.165, 1.54) is 11.1 Å². The van der Waals surface area contributed by atoms with Crippen molar-refractivity contribution in [2.45, 2.75) is 32.6 Å². The summed E-state index contributed by atoms with van der Waals surface area (Å²) in [5, 5.41) is 3.65. The van der Waals surface area contributed by atoms with Gasteiger partial charge in [0, 0.05) is 42.4 Å². The van der Waals surface area contributed by atoms with Gasteiger partial charge in [0.25, 0.3) is 5.91 Å². The monoisotopic (exact) mass is 422 g/mol. The molecule has 0 saturated heterocycles. The highest BCUT2D eigenvalue weighted by Crippen LogP contribution is 2.37. The highest BCUT2D eigenvalue weighted by molar-refractivity contribution is 5.99. The van der Waals surface area contributed by atoms with Crippen LogP contribution in [0.4, 0.5) is 0 Å². The quantitative estimate of drug-likeness (QED) is 0.545. The van der Waals surface area contributed by atoms with E-state index in [0.29, 0.717) is 6.42 Å². The maximum Gasteiger partial charge on any atom is 0.258 e. The first kappa shape index (κ1) is 20.1. The Balaban J connectivity index is 1.58. The molecule has 0 spiro atoms. The predicted molar refractivity (Wildman–Crippen MR) is 126 cm³/mol. The molecular weight excluding hydrogens is 396 g/mol. The number of carbonyl (C=O) groups excluding carboxylic acids is 1. The van der Waals surface area contributed by atoms with Gasteiger partial charge >= 0.3 is 0 Å². The number of amides is 1. The third-order valence-electron chi connectivity index (χ3n) is 6.13. The van der Waals surface area contributed by atoms with Crippen molar-refractivity contribution in [3.05, 3.63) is 125 Å². The van der Waals surface area contributed by atoms with Gasteiger partial charge in [-0.25, -0.2) is 0 Å². The van der Waals surface area contributed by atoms with Crippen molar-refractivity contribution in [2.75, 3.05) is 0 Å². The number of hydrogen-bond acceptors (Lipinski definition) is 3. The minimum atomic E-state index is 0.0417. The van der Waals surface area contributed by atoms with Crippen molar-refractivity contribution >= 4 is 11.6 Å². The van der Waals surface area contributed by atoms with Gasteiger partial charge in [-0.05, 0) is 29.7 Å². The van der Waals surface area contributed by atoms with Crippen LogP contribution in [-0.4, -0.2) is 10.8 Å². The Hall–Kier alpha value is -3.79. The van der Waals surface area contributed by atoms with Gasteiger partial charge in [0.1, 0.15) is 5.76 Å². The van der Waals surface area contributed by atoms with Gasteiger partial charge in [-0.15, -0.1) is 0 Å². The van der Waals surface area contributed by atoms with E-state index >= 15 is 0 Å². The van der Waals surface area contributed by atoms with Gasteiger partial charge in [0.15, 0.2) is 0 Å². The summed E-state index contributed by atoms with van der Waals surface area (Å²) in [7, 11) is 0. The Morgan fingerprint density at radius 2 is 1.69 bits per heavy atom. The van der Waals surface area contributed by atoms with Gasteiger partial charge < -0.3 is 9.73 Å². The maximum atomic E-state index is 13.8. The molecule has 2 aliphatic heterocycles. The van der Waals surface area contributed by atoms with Crippen LogP contribution in [-0.2, 0) is 17.6 Å². The van der Waals surface area contributed by atoms with Gasteiger partial charge in [-0.1, -0.05) is 73.2 Å². The fraction of sp³-hybridized carbons (Fsp3) is 0.179. The lowest BCUT2D eigenvalue weighted by Gasteiger charge is -2.37. The third kappa shape index (κ3) is 3.92. The number of allylic oxidation sites excluding steroid dienone is 2. The summed E-state index contributed by atoms with van der Waals surface area (Å²) in [5.74, 6) is 0.860. The van der Waals surface area contributed by atoms with Gasteiger partial charge in [0.05, 0.1) is 12.0 Å². The zero-order valence-electron chi connectivity index (χ0n) is 18.2. The molecule has 2 aromatic carbocycles. The second-order valence-corrected chi connectivity index (χ2v) is 8.17. The average molecular weight is 423 g/mol. The summed E-state index contributed by atoms with van der Waals surface area (Å²) < 4.78 is 5.56. The molecular formula is C28H26N2O2. The van der Waals surface area contributed by atoms with Crippen LogP contribution in [0.3, 0.4) is 0 Å². The topological polar surface area (TPSA) is 45.5 Å². The second kappa shape index (κ2) is 8.75. The number of rotatable bonds is 6. The fourth-order valence-electron chi connectivity index (χ4n) is 4.43. The summed E-state index contributed by atoms with van der Waals surface area (Å²) in [6.07, 6.45) is 6.48. The molecule has 0 saturated carbocycles. The standard InChI is InChI=1S/C28H26N2O2/c1-2-21-17-27-25(16-20-10-5-3-6-11-20)29-26(22-12-7-4-8-13-22)19-30(27)28(31)24(21)18-23-14-9-15-32-23/h3-15,19,29H,2,16-18H2,1H3. The molecule has 0 radical (unpaired) electrons. The highest BCUT2D eigenvalue weighted by Gasteiger charge is 2.34. The van der Waals surface area contributed by atoms with Crippen molar-refractivity contribution in [1.82, 2.24) is 10.2 Å². The molecule has 32 heavy (non-hydrogen) atoms. The number of furan rings is 1. The van der Waals surface area contributed by atoms with Crippen LogP contribution < -0.4 is 5.32 Å². The van der Waals surface area contributed by atoms with E-state index in [-0.39, 0.29) is 5.91 Å². The van der Waals surface area contributed by atoms with Crippen molar-refractivity contribution in [1.29, 1.82) is 0 Å². The molecule has 160 valence electrons. The maximum absolute atomic E-state index is 13.8. The van der Waals surface area contributed by atoms with Gasteiger partial charge in [0.2, 0.25) is 0 Å². The first-order valence-electron chi connectivity index (χ1n) is 11.1. The van der Waals surface area contributed by atoms with E-state index in [9.17, 15) is 4.79 Å². The zero-order valence-corrected chi connectivity index (χ0v) is 18.2. The number of fused-ring (bicyclic) bond motifs is 1. The molecule has 5 rings (SSSR count). The van der Waals surface area contributed by atoms with Crippen LogP contribution in [0.15, 0.2) is 112 Å². The van der Waals surface area contributed by atoms with E-state index in [2.05, 4.69) is 48.6 Å². The van der Waals surface area contributed by atoms with Gasteiger partial charge in [-0.2, -0.15) is 0 Å². The van der Waals surface area contributed by atoms with Gasteiger partial charge in [-0.3, -0.25) is 9.69 Å². The Morgan fingerprint density at radius 3 is 2.38 bits per heavy atom. The van der Waals surface area contributed by atoms with Crippen LogP contribution >= 0.6 is 0 Å². The Labute approximate surface area is 188 Å². The lowest BCUT2D eigenvalue weighted by molar-refractivity contribution is -0.124. The molecule has 0 atom stereocenters. The molecule has 4 heteroatoms. The average Bonchev–Trinajstić information content (AvgIpc) is 3.35. The molecule has 3 heterocycles. The summed E-state index contributed by atoms with van der Waals surface area (Å²) in [5.41, 5.74) is 7.35. The van der Waals surface area contributed by atoms with E-state index in [1.54, 1.807) is 6.26 Å². The van der Waals surface area contributed by atoms with Crippen molar-refractivity contribution in [3.8, 4) is 0 Å². The number of nitrogens with one attached hydrogen (secondary N) is 1. The minimum Gasteiger partial charge on any atom is -0.469 e. The lowest BCUT2D eigenvalue weighted by atomic mass is 9.89. The Morgan fingerprint density at radius 1 is 0.938 bits per heavy atom. The summed E-state index contributed by atoms with van der Waals surface area (Å²) >= 11 is 0. The third-order valence-corrected chi connectivity index (χ3v) is 6.13. The molecule has 2 aliphatic rings. The molecule has 0 bridgehead atoms. The first-order valence-corrected chi connectivity index (χ1v) is 11.1. The summed E-state index contributed by atoms with van der Waals surface area (Å²) in [4.78, 5) is 15.6. The SMILES string of the molecule is CCC1=C(Cc2ccco2)C(=O)N2C=C(c3ccccc3)NC(Cc3ccccc3)=C2C1. The Bertz CT molecular complexity index is 1200. The van der Waals surface area contributed by atoms with Crippen molar-refractivity contribution in [2.24, 2.45) is 0 Å². The highest BCUT2D eigenvalue weighted by atomic mass is 16.3. The summed E-state index contributed by atoms with van der Waals surface area (Å²) in [6, 6.07) is 24.4. The first-order chi connectivity index (χ1) is 15.7. The van der Waals surface area contributed by atoms with E-state index in [4.69, 9.17) is 4.42 Å². The molecule has 0 aliphatic carbocycles. The minimum absolute atomic E-state index is 0.0417. The number of benzene rings is 2. The zero-order chi connectivity index (χ0) is 21.9. The summed E-state index contributed by atoms with van der Waals surface area (Å²) in [6.45, 7) is 2.12. The largest absolute Gasteiger partial charge is 0.469 e. The number of nitrogens with zero attached hydrogens (tertiary/aromatic N) is 1. The molecule has 0 fully saturated rings. The lowest BCUT2D eigenvalue weighted by Crippen LogP contribution is -2.39. The van der Waals surface area contributed by atoms with E-state index in [1.807, 2.05) is 47.5 Å². The molecule has 1 N–H and O–H groups in total. The molecule has 1 aromatic heterocycles. The van der Waals surface area contributed by atoms with E-state index in [0.717, 1.165) is 53.3 Å². The van der Waals surface area contributed by atoms with Crippen LogP contribution in [0.25, 0.3) is 5.70 Å². The van der Waals surface area contributed by atoms with E-state index < -0.39 is 0 Å². The van der Waals surface area contributed by atoms with Crippen LogP contribution in [0.2, 0.25) is 0 Å².